The predicted molar refractivity (Wildman–Crippen MR) is 84.8 cm³/mol. The van der Waals surface area contributed by atoms with Crippen molar-refractivity contribution in [2.24, 2.45) is 5.41 Å². The Morgan fingerprint density at radius 1 is 1.33 bits per heavy atom. The molecule has 1 aliphatic carbocycles. The number of nitrogens with zero attached hydrogens (tertiary/aromatic N) is 4. The zero-order chi connectivity index (χ0) is 15.0. The lowest BCUT2D eigenvalue weighted by Gasteiger charge is -2.42. The molecule has 0 radical (unpaired) electrons. The number of hydrogen-bond donors (Lipinski definition) is 1. The lowest BCUT2D eigenvalue weighted by atomic mass is 9.77. The van der Waals surface area contributed by atoms with E-state index < -0.39 is 0 Å². The fourth-order valence-corrected chi connectivity index (χ4v) is 3.96. The molecule has 0 bridgehead atoms. The van der Waals surface area contributed by atoms with Gasteiger partial charge in [0.2, 0.25) is 5.95 Å². The van der Waals surface area contributed by atoms with Gasteiger partial charge in [0.1, 0.15) is 5.82 Å². The van der Waals surface area contributed by atoms with Crippen molar-refractivity contribution in [3.8, 4) is 0 Å². The summed E-state index contributed by atoms with van der Waals surface area (Å²) < 4.78 is 0. The van der Waals surface area contributed by atoms with E-state index in [9.17, 15) is 5.11 Å². The Labute approximate surface area is 127 Å². The van der Waals surface area contributed by atoms with Crippen LogP contribution in [0.5, 0.6) is 0 Å². The fourth-order valence-electron chi connectivity index (χ4n) is 3.96. The first-order valence-corrected chi connectivity index (χ1v) is 7.96. The number of hydrogen-bond acceptors (Lipinski definition) is 5. The van der Waals surface area contributed by atoms with Crippen LogP contribution in [0.25, 0.3) is 0 Å². The summed E-state index contributed by atoms with van der Waals surface area (Å²) in [5.74, 6) is 1.79. The molecule has 0 amide bonds. The van der Waals surface area contributed by atoms with Gasteiger partial charge >= 0.3 is 0 Å². The van der Waals surface area contributed by atoms with Crippen LogP contribution < -0.4 is 9.80 Å². The second kappa shape index (κ2) is 5.44. The number of aliphatic hydroxyl groups is 1. The molecule has 5 nitrogen and oxygen atoms in total. The standard InChI is InChI=1S/C16H26N4O/c1-12-10-17-15(18-14(12)19(2)3)20-9-5-8-16(11-20)7-4-6-13(16)21/h10,13,21H,4-9,11H2,1-3H3/t13-,16-/m1/s1. The van der Waals surface area contributed by atoms with Crippen LogP contribution >= 0.6 is 0 Å². The molecule has 0 aromatic carbocycles. The smallest absolute Gasteiger partial charge is 0.227 e. The second-order valence-corrected chi connectivity index (χ2v) is 6.87. The molecule has 1 aromatic heterocycles. The van der Waals surface area contributed by atoms with Gasteiger partial charge in [-0.15, -0.1) is 0 Å². The van der Waals surface area contributed by atoms with Crippen molar-refractivity contribution in [2.45, 2.75) is 45.1 Å². The van der Waals surface area contributed by atoms with E-state index in [1.54, 1.807) is 0 Å². The lowest BCUT2D eigenvalue weighted by molar-refractivity contribution is 0.0406. The summed E-state index contributed by atoms with van der Waals surface area (Å²) in [7, 11) is 4.02. The largest absolute Gasteiger partial charge is 0.392 e. The number of aromatic nitrogens is 2. The minimum absolute atomic E-state index is 0.0742. The van der Waals surface area contributed by atoms with Gasteiger partial charge in [0, 0.05) is 44.4 Å². The van der Waals surface area contributed by atoms with Gasteiger partial charge in [-0.1, -0.05) is 6.42 Å². The average Bonchev–Trinajstić information content (AvgIpc) is 2.80. The lowest BCUT2D eigenvalue weighted by Crippen LogP contribution is -2.47. The van der Waals surface area contributed by atoms with E-state index in [-0.39, 0.29) is 11.5 Å². The number of rotatable bonds is 2. The second-order valence-electron chi connectivity index (χ2n) is 6.87. The summed E-state index contributed by atoms with van der Waals surface area (Å²) >= 11 is 0. The van der Waals surface area contributed by atoms with Crippen LogP contribution in [-0.4, -0.2) is 48.4 Å². The maximum Gasteiger partial charge on any atom is 0.227 e. The minimum atomic E-state index is -0.154. The van der Waals surface area contributed by atoms with Crippen LogP contribution in [-0.2, 0) is 0 Å². The zero-order valence-electron chi connectivity index (χ0n) is 13.3. The Bertz CT molecular complexity index is 519. The monoisotopic (exact) mass is 290 g/mol. The van der Waals surface area contributed by atoms with E-state index in [1.807, 2.05) is 32.1 Å². The summed E-state index contributed by atoms with van der Waals surface area (Å²) in [6.07, 6.45) is 7.24. The van der Waals surface area contributed by atoms with Gasteiger partial charge in [-0.05, 0) is 32.6 Å². The van der Waals surface area contributed by atoms with E-state index in [0.717, 1.165) is 62.5 Å². The van der Waals surface area contributed by atoms with E-state index in [2.05, 4.69) is 9.88 Å². The Hall–Kier alpha value is -1.36. The SMILES string of the molecule is Cc1cnc(N2CCC[C@]3(CCC[C@H]3O)C2)nc1N(C)C. The molecule has 2 atom stereocenters. The first kappa shape index (κ1) is 14.6. The van der Waals surface area contributed by atoms with Crippen molar-refractivity contribution in [3.05, 3.63) is 11.8 Å². The molecule has 1 N–H and O–H groups in total. The molecule has 3 rings (SSSR count). The molecule has 5 heteroatoms. The molecule has 2 fully saturated rings. The molecular weight excluding hydrogens is 264 g/mol. The van der Waals surface area contributed by atoms with Crippen molar-refractivity contribution in [3.63, 3.8) is 0 Å². The highest BCUT2D eigenvalue weighted by atomic mass is 16.3. The van der Waals surface area contributed by atoms with Gasteiger partial charge in [0.15, 0.2) is 0 Å². The minimum Gasteiger partial charge on any atom is -0.392 e. The summed E-state index contributed by atoms with van der Waals surface area (Å²) in [6, 6.07) is 0. The highest BCUT2D eigenvalue weighted by molar-refractivity contribution is 5.48. The molecule has 2 aliphatic rings. The van der Waals surface area contributed by atoms with Crippen LogP contribution in [0.15, 0.2) is 6.20 Å². The Balaban J connectivity index is 1.85. The molecule has 1 saturated carbocycles. The zero-order valence-corrected chi connectivity index (χ0v) is 13.3. The normalized spacial score (nSPS) is 29.1. The summed E-state index contributed by atoms with van der Waals surface area (Å²) in [5, 5.41) is 10.4. The quantitative estimate of drug-likeness (QED) is 0.902. The van der Waals surface area contributed by atoms with Crippen LogP contribution in [0.4, 0.5) is 11.8 Å². The molecule has 2 heterocycles. The van der Waals surface area contributed by atoms with Crippen molar-refractivity contribution >= 4 is 11.8 Å². The van der Waals surface area contributed by atoms with E-state index in [4.69, 9.17) is 4.98 Å². The van der Waals surface area contributed by atoms with Crippen molar-refractivity contribution in [1.29, 1.82) is 0 Å². The molecule has 21 heavy (non-hydrogen) atoms. The molecule has 116 valence electrons. The molecule has 0 unspecified atom stereocenters. The van der Waals surface area contributed by atoms with Gasteiger partial charge in [-0.2, -0.15) is 4.98 Å². The number of anilines is 2. The third-order valence-electron chi connectivity index (χ3n) is 5.11. The Morgan fingerprint density at radius 3 is 2.76 bits per heavy atom. The maximum absolute atomic E-state index is 10.4. The van der Waals surface area contributed by atoms with Gasteiger partial charge in [-0.3, -0.25) is 0 Å². The third kappa shape index (κ3) is 2.59. The maximum atomic E-state index is 10.4. The van der Waals surface area contributed by atoms with Crippen molar-refractivity contribution < 1.29 is 5.11 Å². The summed E-state index contributed by atoms with van der Waals surface area (Å²) in [4.78, 5) is 13.6. The fraction of sp³-hybridized carbons (Fsp3) is 0.750. The molecular formula is C16H26N4O. The van der Waals surface area contributed by atoms with Gasteiger partial charge < -0.3 is 14.9 Å². The van der Waals surface area contributed by atoms with Crippen LogP contribution in [0.3, 0.4) is 0 Å². The van der Waals surface area contributed by atoms with E-state index >= 15 is 0 Å². The number of aryl methyl sites for hydroxylation is 1. The molecule has 1 aliphatic heterocycles. The molecule has 1 saturated heterocycles. The number of aliphatic hydroxyl groups excluding tert-OH is 1. The third-order valence-corrected chi connectivity index (χ3v) is 5.11. The molecule has 1 aromatic rings. The average molecular weight is 290 g/mol. The first-order valence-electron chi connectivity index (χ1n) is 7.96. The van der Waals surface area contributed by atoms with Crippen molar-refractivity contribution in [2.75, 3.05) is 37.0 Å². The van der Waals surface area contributed by atoms with Crippen LogP contribution in [0.1, 0.15) is 37.7 Å². The van der Waals surface area contributed by atoms with E-state index in [0.29, 0.717) is 0 Å². The van der Waals surface area contributed by atoms with Crippen LogP contribution in [0.2, 0.25) is 0 Å². The Kier molecular flexibility index (Phi) is 3.78. The van der Waals surface area contributed by atoms with Gasteiger partial charge in [0.25, 0.3) is 0 Å². The van der Waals surface area contributed by atoms with E-state index in [1.165, 1.54) is 0 Å². The van der Waals surface area contributed by atoms with Gasteiger partial charge in [-0.25, -0.2) is 4.98 Å². The summed E-state index contributed by atoms with van der Waals surface area (Å²) in [6.45, 7) is 3.92. The topological polar surface area (TPSA) is 52.5 Å². The highest BCUT2D eigenvalue weighted by Crippen LogP contribution is 2.45. The number of piperidine rings is 1. The highest BCUT2D eigenvalue weighted by Gasteiger charge is 2.45. The first-order chi connectivity index (χ1) is 10.0. The van der Waals surface area contributed by atoms with Gasteiger partial charge in [0.05, 0.1) is 6.10 Å². The predicted octanol–water partition coefficient (Wildman–Crippen LogP) is 1.98. The molecule has 1 spiro atoms. The van der Waals surface area contributed by atoms with Crippen LogP contribution in [0, 0.1) is 12.3 Å². The Morgan fingerprint density at radius 2 is 2.10 bits per heavy atom. The van der Waals surface area contributed by atoms with Crippen molar-refractivity contribution in [1.82, 2.24) is 9.97 Å². The summed E-state index contributed by atoms with van der Waals surface area (Å²) in [5.41, 5.74) is 1.17.